The second kappa shape index (κ2) is 11.5. The second-order valence-electron chi connectivity index (χ2n) is 15.8. The van der Waals surface area contributed by atoms with Crippen molar-refractivity contribution >= 4 is 65.0 Å². The van der Waals surface area contributed by atoms with Crippen LogP contribution in [0.2, 0.25) is 0 Å². The number of nitrogens with zero attached hydrogens (tertiary/aromatic N) is 3. The highest BCUT2D eigenvalue weighted by Gasteiger charge is 2.36. The SMILES string of the molecule is CC1(C)c2ccc(-c3cccc4c5cc6ccccc6cc5n(-c5nc(-c6ccccc6)c6ccc7ccccc7c6n5)c34)cc2-c2c1ccc1ccccc21. The molecule has 3 heteroatoms. The minimum Gasteiger partial charge on any atom is -0.277 e. The van der Waals surface area contributed by atoms with Crippen LogP contribution in [-0.4, -0.2) is 14.5 Å². The molecule has 0 N–H and O–H groups in total. The molecule has 0 aliphatic heterocycles. The molecule has 1 aliphatic carbocycles. The Hall–Kier alpha value is -7.10. The summed E-state index contributed by atoms with van der Waals surface area (Å²) in [6, 6.07) is 64.1. The highest BCUT2D eigenvalue weighted by molar-refractivity contribution is 6.17. The topological polar surface area (TPSA) is 30.7 Å². The first-order valence-electron chi connectivity index (χ1n) is 19.4. The molecule has 0 radical (unpaired) electrons. The van der Waals surface area contributed by atoms with Crippen LogP contribution >= 0.6 is 0 Å². The third kappa shape index (κ3) is 4.34. The molecule has 0 bridgehead atoms. The van der Waals surface area contributed by atoms with Gasteiger partial charge in [0.25, 0.3) is 0 Å². The normalized spacial score (nSPS) is 13.3. The average molecular weight is 714 g/mol. The van der Waals surface area contributed by atoms with Gasteiger partial charge >= 0.3 is 0 Å². The molecule has 2 heterocycles. The summed E-state index contributed by atoms with van der Waals surface area (Å²) in [6.45, 7) is 4.72. The number of rotatable bonds is 3. The van der Waals surface area contributed by atoms with E-state index in [2.05, 4.69) is 194 Å². The third-order valence-corrected chi connectivity index (χ3v) is 12.4. The zero-order valence-electron chi connectivity index (χ0n) is 31.1. The zero-order valence-corrected chi connectivity index (χ0v) is 31.1. The van der Waals surface area contributed by atoms with Crippen LogP contribution in [0.3, 0.4) is 0 Å². The first kappa shape index (κ1) is 31.3. The monoisotopic (exact) mass is 713 g/mol. The summed E-state index contributed by atoms with van der Waals surface area (Å²) in [4.78, 5) is 11.1. The molecule has 9 aromatic carbocycles. The molecule has 56 heavy (non-hydrogen) atoms. The van der Waals surface area contributed by atoms with Crippen molar-refractivity contribution in [3.8, 4) is 39.5 Å². The van der Waals surface area contributed by atoms with E-state index in [1.807, 2.05) is 0 Å². The first-order chi connectivity index (χ1) is 27.5. The van der Waals surface area contributed by atoms with Gasteiger partial charge in [0.15, 0.2) is 0 Å². The number of benzene rings is 9. The fourth-order valence-corrected chi connectivity index (χ4v) is 9.65. The second-order valence-corrected chi connectivity index (χ2v) is 15.8. The lowest BCUT2D eigenvalue weighted by molar-refractivity contribution is 0.661. The highest BCUT2D eigenvalue weighted by atomic mass is 15.2. The number of para-hydroxylation sites is 1. The van der Waals surface area contributed by atoms with E-state index in [9.17, 15) is 0 Å². The van der Waals surface area contributed by atoms with E-state index in [1.165, 1.54) is 60.1 Å². The molecule has 11 aromatic rings. The molecule has 0 saturated heterocycles. The Bertz CT molecular complexity index is 3440. The molecule has 0 unspecified atom stereocenters. The number of fused-ring (bicyclic) bond motifs is 12. The molecule has 262 valence electrons. The van der Waals surface area contributed by atoms with Gasteiger partial charge in [0.1, 0.15) is 0 Å². The van der Waals surface area contributed by atoms with Crippen molar-refractivity contribution in [2.24, 2.45) is 0 Å². The maximum Gasteiger partial charge on any atom is 0.235 e. The summed E-state index contributed by atoms with van der Waals surface area (Å²) < 4.78 is 2.33. The minimum absolute atomic E-state index is 0.107. The fourth-order valence-electron chi connectivity index (χ4n) is 9.65. The van der Waals surface area contributed by atoms with Gasteiger partial charge in [0.2, 0.25) is 5.95 Å². The van der Waals surface area contributed by atoms with E-state index in [0.717, 1.165) is 49.5 Å². The number of hydrogen-bond donors (Lipinski definition) is 0. The van der Waals surface area contributed by atoms with Crippen LogP contribution in [0.25, 0.3) is 104 Å². The molecule has 0 spiro atoms. The molecule has 0 amide bonds. The Labute approximate surface area is 324 Å². The molecule has 0 atom stereocenters. The highest BCUT2D eigenvalue weighted by Crippen LogP contribution is 2.52. The summed E-state index contributed by atoms with van der Waals surface area (Å²) in [7, 11) is 0. The van der Waals surface area contributed by atoms with Crippen molar-refractivity contribution in [1.29, 1.82) is 0 Å². The third-order valence-electron chi connectivity index (χ3n) is 12.4. The van der Waals surface area contributed by atoms with E-state index in [1.54, 1.807) is 0 Å². The molecule has 3 nitrogen and oxygen atoms in total. The smallest absolute Gasteiger partial charge is 0.235 e. The Balaban J connectivity index is 1.21. The Morgan fingerprint density at radius 2 is 1.09 bits per heavy atom. The van der Waals surface area contributed by atoms with E-state index in [-0.39, 0.29) is 5.41 Å². The summed E-state index contributed by atoms with van der Waals surface area (Å²) in [6.07, 6.45) is 0. The van der Waals surface area contributed by atoms with Crippen LogP contribution in [0.5, 0.6) is 0 Å². The van der Waals surface area contributed by atoms with Crippen molar-refractivity contribution in [3.63, 3.8) is 0 Å². The van der Waals surface area contributed by atoms with Crippen LogP contribution < -0.4 is 0 Å². The minimum atomic E-state index is -0.107. The summed E-state index contributed by atoms with van der Waals surface area (Å²) in [5.74, 6) is 0.661. The summed E-state index contributed by atoms with van der Waals surface area (Å²) in [5, 5.41) is 10.6. The molecule has 1 aliphatic rings. The Morgan fingerprint density at radius 1 is 0.429 bits per heavy atom. The van der Waals surface area contributed by atoms with Gasteiger partial charge in [-0.2, -0.15) is 0 Å². The van der Waals surface area contributed by atoms with Gasteiger partial charge in [-0.3, -0.25) is 4.57 Å². The van der Waals surface area contributed by atoms with E-state index in [0.29, 0.717) is 5.95 Å². The average Bonchev–Trinajstić information content (AvgIpc) is 3.70. The maximum atomic E-state index is 5.54. The molecule has 0 saturated carbocycles. The predicted molar refractivity (Wildman–Crippen MR) is 235 cm³/mol. The van der Waals surface area contributed by atoms with Crippen LogP contribution in [0, 0.1) is 0 Å². The molecule has 0 fully saturated rings. The van der Waals surface area contributed by atoms with Crippen LogP contribution in [0.1, 0.15) is 25.0 Å². The van der Waals surface area contributed by atoms with Crippen molar-refractivity contribution in [2.75, 3.05) is 0 Å². The number of aromatic nitrogens is 3. The van der Waals surface area contributed by atoms with Gasteiger partial charge in [-0.15, -0.1) is 0 Å². The summed E-state index contributed by atoms with van der Waals surface area (Å²) >= 11 is 0. The van der Waals surface area contributed by atoms with E-state index >= 15 is 0 Å². The van der Waals surface area contributed by atoms with Gasteiger partial charge in [-0.05, 0) is 79.0 Å². The lowest BCUT2D eigenvalue weighted by Gasteiger charge is -2.21. The van der Waals surface area contributed by atoms with Gasteiger partial charge in [0, 0.05) is 38.1 Å². The van der Waals surface area contributed by atoms with Crippen molar-refractivity contribution < 1.29 is 0 Å². The van der Waals surface area contributed by atoms with E-state index < -0.39 is 0 Å². The molecular formula is C53H35N3. The zero-order chi connectivity index (χ0) is 37.1. The standard InChI is InChI=1S/C53H35N3/c1-53(2)45-27-25-37(30-44(45)48-38-19-10-8-13-32(38)24-28-46(48)53)40-21-12-22-41-43-29-35-17-6-7-18-36(35)31-47(43)56(51(40)41)52-54-49(34-15-4-3-5-16-34)42-26-23-33-14-9-11-20-39(33)50(42)55-52/h3-31H,1-2H3. The van der Waals surface area contributed by atoms with Gasteiger partial charge in [-0.25, -0.2) is 9.97 Å². The first-order valence-corrected chi connectivity index (χ1v) is 19.4. The molecule has 2 aromatic heterocycles. The fraction of sp³-hybridized carbons (Fsp3) is 0.0566. The largest absolute Gasteiger partial charge is 0.277 e. The van der Waals surface area contributed by atoms with Crippen LogP contribution in [-0.2, 0) is 5.41 Å². The van der Waals surface area contributed by atoms with Gasteiger partial charge in [-0.1, -0.05) is 166 Å². The van der Waals surface area contributed by atoms with Gasteiger partial charge in [0.05, 0.1) is 22.2 Å². The van der Waals surface area contributed by atoms with Crippen LogP contribution in [0.15, 0.2) is 176 Å². The van der Waals surface area contributed by atoms with Gasteiger partial charge < -0.3 is 0 Å². The Kier molecular flexibility index (Phi) is 6.40. The van der Waals surface area contributed by atoms with E-state index in [4.69, 9.17) is 9.97 Å². The quantitative estimate of drug-likeness (QED) is 0.171. The number of hydrogen-bond acceptors (Lipinski definition) is 2. The molecular weight excluding hydrogens is 679 g/mol. The predicted octanol–water partition coefficient (Wildman–Crippen LogP) is 13.8. The van der Waals surface area contributed by atoms with Crippen molar-refractivity contribution in [1.82, 2.24) is 14.5 Å². The van der Waals surface area contributed by atoms with Crippen LogP contribution in [0.4, 0.5) is 0 Å². The Morgan fingerprint density at radius 3 is 1.91 bits per heavy atom. The lowest BCUT2D eigenvalue weighted by atomic mass is 9.82. The van der Waals surface area contributed by atoms with Crippen molar-refractivity contribution in [2.45, 2.75) is 19.3 Å². The molecule has 12 rings (SSSR count). The lowest BCUT2D eigenvalue weighted by Crippen LogP contribution is -2.14. The summed E-state index contributed by atoms with van der Waals surface area (Å²) in [5.41, 5.74) is 12.8. The van der Waals surface area contributed by atoms with Crippen molar-refractivity contribution in [3.05, 3.63) is 187 Å². The maximum absolute atomic E-state index is 5.54.